The van der Waals surface area contributed by atoms with Gasteiger partial charge in [0.2, 0.25) is 11.8 Å². The van der Waals surface area contributed by atoms with Crippen molar-refractivity contribution in [1.82, 2.24) is 39.5 Å². The maximum absolute atomic E-state index is 5.71. The molecule has 0 aromatic carbocycles. The Bertz CT molecular complexity index is 1990. The molecule has 6 aromatic rings. The third-order valence-electron chi connectivity index (χ3n) is 9.30. The van der Waals surface area contributed by atoms with Crippen LogP contribution in [0.3, 0.4) is 0 Å². The first-order valence-corrected chi connectivity index (χ1v) is 19.2. The molecule has 14 nitrogen and oxygen atoms in total. The normalized spacial score (nSPS) is 16.7. The zero-order valence-electron chi connectivity index (χ0n) is 31.6. The number of fused-ring (bicyclic) bond motifs is 2. The summed E-state index contributed by atoms with van der Waals surface area (Å²) < 4.78 is 26.5. The number of aryl methyl sites for hydroxylation is 2. The lowest BCUT2D eigenvalue weighted by Crippen LogP contribution is -2.20. The number of ether oxygens (including phenoxy) is 4. The largest absolute Gasteiger partial charge is 0.477 e. The quantitative estimate of drug-likeness (QED) is 0.119. The van der Waals surface area contributed by atoms with Gasteiger partial charge in [0.25, 0.3) is 0 Å². The molecule has 54 heavy (non-hydrogen) atoms. The second kappa shape index (κ2) is 17.7. The van der Waals surface area contributed by atoms with E-state index in [1.165, 1.54) is 0 Å². The Morgan fingerprint density at radius 3 is 1.54 bits per heavy atom. The predicted molar refractivity (Wildman–Crippen MR) is 210 cm³/mol. The number of aromatic nitrogens is 8. The van der Waals surface area contributed by atoms with Crippen molar-refractivity contribution in [2.45, 2.75) is 78.6 Å². The van der Waals surface area contributed by atoms with E-state index in [2.05, 4.69) is 56.8 Å². The number of nitrogens with one attached hydrogen (secondary N) is 2. The van der Waals surface area contributed by atoms with E-state index in [9.17, 15) is 0 Å². The van der Waals surface area contributed by atoms with Crippen LogP contribution in [-0.4, -0.2) is 91.2 Å². The second-order valence-electron chi connectivity index (χ2n) is 13.3. The van der Waals surface area contributed by atoms with Gasteiger partial charge in [-0.2, -0.15) is 10.2 Å². The van der Waals surface area contributed by atoms with E-state index in [0.717, 1.165) is 121 Å². The Balaban J connectivity index is 0.000000167. The van der Waals surface area contributed by atoms with Crippen LogP contribution in [0, 0.1) is 0 Å². The average molecular weight is 735 g/mol. The molecule has 0 aliphatic carbocycles. The first-order valence-electron chi connectivity index (χ1n) is 19.2. The number of hydrogen-bond acceptors (Lipinski definition) is 12. The van der Waals surface area contributed by atoms with Crippen LogP contribution in [0.4, 0.5) is 11.4 Å². The molecule has 2 N–H and O–H groups in total. The lowest BCUT2D eigenvalue weighted by Gasteiger charge is -2.16. The van der Waals surface area contributed by atoms with Crippen LogP contribution in [0.5, 0.6) is 11.8 Å². The van der Waals surface area contributed by atoms with Crippen LogP contribution >= 0.6 is 0 Å². The highest BCUT2D eigenvalue weighted by molar-refractivity contribution is 5.92. The van der Waals surface area contributed by atoms with Crippen LogP contribution in [-0.2, 0) is 22.6 Å². The monoisotopic (exact) mass is 734 g/mol. The minimum absolute atomic E-state index is 0.300. The summed E-state index contributed by atoms with van der Waals surface area (Å²) in [6.07, 6.45) is 11.2. The maximum atomic E-state index is 5.71. The summed E-state index contributed by atoms with van der Waals surface area (Å²) in [6.45, 7) is 14.1. The summed E-state index contributed by atoms with van der Waals surface area (Å²) in [7, 11) is 0. The summed E-state index contributed by atoms with van der Waals surface area (Å²) in [6, 6.07) is 12.5. The van der Waals surface area contributed by atoms with E-state index in [1.54, 1.807) is 12.4 Å². The highest BCUT2D eigenvalue weighted by Crippen LogP contribution is 2.35. The molecular formula is C40H50N10O4. The Morgan fingerprint density at radius 2 is 1.15 bits per heavy atom. The van der Waals surface area contributed by atoms with Crippen molar-refractivity contribution >= 4 is 33.4 Å². The number of nitrogens with zero attached hydrogens (tertiary/aromatic N) is 8. The molecule has 8 heterocycles. The minimum Gasteiger partial charge on any atom is -0.477 e. The van der Waals surface area contributed by atoms with Crippen molar-refractivity contribution < 1.29 is 18.9 Å². The molecule has 0 saturated carbocycles. The second-order valence-corrected chi connectivity index (χ2v) is 13.3. The van der Waals surface area contributed by atoms with Gasteiger partial charge >= 0.3 is 0 Å². The van der Waals surface area contributed by atoms with Crippen molar-refractivity contribution in [2.24, 2.45) is 0 Å². The van der Waals surface area contributed by atoms with E-state index in [0.29, 0.717) is 37.1 Å². The van der Waals surface area contributed by atoms with Crippen molar-refractivity contribution in [3.63, 3.8) is 0 Å². The molecule has 2 aliphatic rings. The van der Waals surface area contributed by atoms with Crippen molar-refractivity contribution in [2.75, 3.05) is 50.3 Å². The Morgan fingerprint density at radius 1 is 0.685 bits per heavy atom. The number of anilines is 2. The minimum atomic E-state index is 0.300. The van der Waals surface area contributed by atoms with E-state index in [-0.39, 0.29) is 0 Å². The third kappa shape index (κ3) is 8.24. The van der Waals surface area contributed by atoms with Crippen LogP contribution in [0.1, 0.15) is 53.4 Å². The van der Waals surface area contributed by atoms with Gasteiger partial charge in [0.15, 0.2) is 0 Å². The molecule has 2 saturated heterocycles. The van der Waals surface area contributed by atoms with Gasteiger partial charge in [-0.05, 0) is 75.9 Å². The van der Waals surface area contributed by atoms with E-state index in [1.807, 2.05) is 59.9 Å². The van der Waals surface area contributed by atoms with Gasteiger partial charge in [0.1, 0.15) is 22.1 Å². The van der Waals surface area contributed by atoms with Gasteiger partial charge in [-0.3, -0.25) is 9.36 Å². The fourth-order valence-electron chi connectivity index (χ4n) is 6.87. The SMILES string of the molecule is CCCn1ncc2nc(-c3cccnc3OCC)cc(N[C@@H]3CCOC3)c21.CCCn1ncc2nc(-c3cccnc3OCC)cc(N[C@H]3CCOC3)c21. The van der Waals surface area contributed by atoms with Gasteiger partial charge in [0, 0.05) is 38.7 Å². The summed E-state index contributed by atoms with van der Waals surface area (Å²) in [5, 5.41) is 16.4. The average Bonchev–Trinajstić information content (AvgIpc) is 4.03. The highest BCUT2D eigenvalue weighted by Gasteiger charge is 2.22. The van der Waals surface area contributed by atoms with Gasteiger partial charge in [-0.1, -0.05) is 13.8 Å². The van der Waals surface area contributed by atoms with Gasteiger partial charge in [-0.15, -0.1) is 0 Å². The van der Waals surface area contributed by atoms with Crippen molar-refractivity contribution in [1.29, 1.82) is 0 Å². The van der Waals surface area contributed by atoms with Crippen LogP contribution in [0.25, 0.3) is 44.6 Å². The van der Waals surface area contributed by atoms with Crippen LogP contribution in [0.2, 0.25) is 0 Å². The molecule has 2 fully saturated rings. The zero-order valence-corrected chi connectivity index (χ0v) is 31.6. The van der Waals surface area contributed by atoms with E-state index < -0.39 is 0 Å². The molecule has 0 radical (unpaired) electrons. The fraction of sp³-hybridized carbons (Fsp3) is 0.450. The molecule has 0 amide bonds. The fourth-order valence-corrected chi connectivity index (χ4v) is 6.87. The maximum Gasteiger partial charge on any atom is 0.222 e. The number of rotatable bonds is 14. The van der Waals surface area contributed by atoms with E-state index in [4.69, 9.17) is 28.9 Å². The molecule has 8 rings (SSSR count). The van der Waals surface area contributed by atoms with Crippen LogP contribution in [0.15, 0.2) is 61.2 Å². The lowest BCUT2D eigenvalue weighted by atomic mass is 10.1. The molecule has 2 atom stereocenters. The van der Waals surface area contributed by atoms with Gasteiger partial charge in [0.05, 0.1) is 84.8 Å². The van der Waals surface area contributed by atoms with Crippen molar-refractivity contribution in [3.8, 4) is 34.3 Å². The first kappa shape index (κ1) is 37.0. The number of hydrogen-bond donors (Lipinski definition) is 2. The first-order chi connectivity index (χ1) is 26.6. The molecule has 0 unspecified atom stereocenters. The molecule has 14 heteroatoms. The predicted octanol–water partition coefficient (Wildman–Crippen LogP) is 7.01. The van der Waals surface area contributed by atoms with Crippen LogP contribution < -0.4 is 20.1 Å². The summed E-state index contributed by atoms with van der Waals surface area (Å²) in [5.74, 6) is 1.20. The highest BCUT2D eigenvalue weighted by atomic mass is 16.5. The van der Waals surface area contributed by atoms with E-state index >= 15 is 0 Å². The zero-order chi connectivity index (χ0) is 37.3. The van der Waals surface area contributed by atoms with Crippen molar-refractivity contribution in [3.05, 3.63) is 61.2 Å². The Kier molecular flexibility index (Phi) is 12.1. The Hall–Kier alpha value is -5.34. The number of pyridine rings is 4. The molecule has 2 aliphatic heterocycles. The summed E-state index contributed by atoms with van der Waals surface area (Å²) in [4.78, 5) is 18.4. The smallest absolute Gasteiger partial charge is 0.222 e. The Labute approximate surface area is 315 Å². The molecule has 6 aromatic heterocycles. The van der Waals surface area contributed by atoms with Gasteiger partial charge < -0.3 is 29.6 Å². The molecule has 0 bridgehead atoms. The standard InChI is InChI=1S/2C20H25N5O2/c2*1-3-9-25-19-17(23-14-7-10-26-13-14)11-16(24-18(19)12-22-25)15-6-5-8-21-20(15)27-4-2/h2*5-6,8,11-12,14H,3-4,7,9-10,13H2,1-2H3,(H,23,24)/t2*14-/m10/s1. The molecular weight excluding hydrogens is 685 g/mol. The molecule has 284 valence electrons. The molecule has 0 spiro atoms. The van der Waals surface area contributed by atoms with Gasteiger partial charge in [-0.25, -0.2) is 19.9 Å². The topological polar surface area (TPSA) is 148 Å². The summed E-state index contributed by atoms with van der Waals surface area (Å²) in [5.41, 5.74) is 9.30. The lowest BCUT2D eigenvalue weighted by molar-refractivity contribution is 0.195. The summed E-state index contributed by atoms with van der Waals surface area (Å²) >= 11 is 0. The third-order valence-corrected chi connectivity index (χ3v) is 9.30.